The van der Waals surface area contributed by atoms with Gasteiger partial charge in [0.1, 0.15) is 6.10 Å². The Morgan fingerprint density at radius 2 is 2.29 bits per heavy atom. The van der Waals surface area contributed by atoms with Gasteiger partial charge in [-0.3, -0.25) is 4.98 Å². The molecule has 0 aliphatic heterocycles. The largest absolute Gasteiger partial charge is 0.386 e. The molecule has 0 aliphatic carbocycles. The fraction of sp³-hybridized carbons (Fsp3) is 0.545. The van der Waals surface area contributed by atoms with Crippen molar-refractivity contribution in [1.82, 2.24) is 4.98 Å². The normalized spacial score (nSPS) is 12.8. The monoisotopic (exact) mass is 195 g/mol. The molecule has 0 aliphatic rings. The second kappa shape index (κ2) is 5.73. The lowest BCUT2D eigenvalue weighted by Gasteiger charge is -2.13. The summed E-state index contributed by atoms with van der Waals surface area (Å²) in [5, 5.41) is 9.81. The highest BCUT2D eigenvalue weighted by Gasteiger charge is 2.10. The molecule has 0 spiro atoms. The Morgan fingerprint density at radius 3 is 2.93 bits per heavy atom. The molecule has 0 bridgehead atoms. The first-order valence-electron chi connectivity index (χ1n) is 4.98. The molecule has 1 rings (SSSR count). The van der Waals surface area contributed by atoms with Crippen LogP contribution < -0.4 is 0 Å². The Labute approximate surface area is 84.7 Å². The van der Waals surface area contributed by atoms with Gasteiger partial charge >= 0.3 is 0 Å². The van der Waals surface area contributed by atoms with Crippen LogP contribution in [0.2, 0.25) is 0 Å². The summed E-state index contributed by atoms with van der Waals surface area (Å²) in [5.74, 6) is 0. The van der Waals surface area contributed by atoms with E-state index in [9.17, 15) is 5.11 Å². The molecule has 0 saturated heterocycles. The number of aryl methyl sites for hydroxylation is 1. The van der Waals surface area contributed by atoms with Gasteiger partial charge in [0.25, 0.3) is 0 Å². The topological polar surface area (TPSA) is 42.4 Å². The Balaban J connectivity index is 2.72. The maximum absolute atomic E-state index is 9.81. The van der Waals surface area contributed by atoms with Crippen molar-refractivity contribution in [1.29, 1.82) is 0 Å². The van der Waals surface area contributed by atoms with Crippen LogP contribution in [0.4, 0.5) is 0 Å². The van der Waals surface area contributed by atoms with E-state index < -0.39 is 6.10 Å². The number of aliphatic hydroxyl groups is 1. The Morgan fingerprint density at radius 1 is 1.50 bits per heavy atom. The zero-order valence-corrected chi connectivity index (χ0v) is 8.73. The minimum atomic E-state index is -0.534. The van der Waals surface area contributed by atoms with Gasteiger partial charge in [0, 0.05) is 19.0 Å². The highest BCUT2D eigenvalue weighted by molar-refractivity contribution is 5.25. The van der Waals surface area contributed by atoms with Crippen molar-refractivity contribution in [3.63, 3.8) is 0 Å². The van der Waals surface area contributed by atoms with Crippen molar-refractivity contribution in [3.05, 3.63) is 29.6 Å². The second-order valence-corrected chi connectivity index (χ2v) is 3.10. The van der Waals surface area contributed by atoms with E-state index in [1.54, 1.807) is 12.4 Å². The summed E-state index contributed by atoms with van der Waals surface area (Å²) in [4.78, 5) is 4.03. The summed E-state index contributed by atoms with van der Waals surface area (Å²) in [6, 6.07) is 1.85. The van der Waals surface area contributed by atoms with Crippen molar-refractivity contribution in [3.8, 4) is 0 Å². The lowest BCUT2D eigenvalue weighted by Crippen LogP contribution is -2.09. The number of ether oxygens (including phenoxy) is 1. The number of hydrogen-bond donors (Lipinski definition) is 1. The predicted molar refractivity (Wildman–Crippen MR) is 55.1 cm³/mol. The molecule has 1 atom stereocenters. The quantitative estimate of drug-likeness (QED) is 0.777. The molecule has 1 aromatic heterocycles. The molecule has 0 aromatic carbocycles. The molecular formula is C11H17NO2. The van der Waals surface area contributed by atoms with E-state index in [2.05, 4.69) is 4.98 Å². The van der Waals surface area contributed by atoms with Crippen LogP contribution in [0, 0.1) is 0 Å². The molecule has 1 heterocycles. The summed E-state index contributed by atoms with van der Waals surface area (Å²) in [6.07, 6.45) is 3.84. The summed E-state index contributed by atoms with van der Waals surface area (Å²) < 4.78 is 5.18. The number of aliphatic hydroxyl groups excluding tert-OH is 1. The molecule has 0 amide bonds. The van der Waals surface area contributed by atoms with E-state index in [0.29, 0.717) is 13.2 Å². The molecule has 3 nitrogen and oxygen atoms in total. The first-order valence-corrected chi connectivity index (χ1v) is 4.98. The van der Waals surface area contributed by atoms with E-state index >= 15 is 0 Å². The van der Waals surface area contributed by atoms with E-state index in [1.165, 1.54) is 0 Å². The van der Waals surface area contributed by atoms with Gasteiger partial charge in [0.15, 0.2) is 0 Å². The van der Waals surface area contributed by atoms with Crippen LogP contribution in [-0.2, 0) is 11.2 Å². The molecule has 1 N–H and O–H groups in total. The van der Waals surface area contributed by atoms with Crippen LogP contribution in [-0.4, -0.2) is 23.3 Å². The highest BCUT2D eigenvalue weighted by Crippen LogP contribution is 2.17. The third kappa shape index (κ3) is 2.79. The summed E-state index contributed by atoms with van der Waals surface area (Å²) >= 11 is 0. The Bertz CT molecular complexity index is 276. The van der Waals surface area contributed by atoms with Gasteiger partial charge in [-0.25, -0.2) is 0 Å². The molecule has 78 valence electrons. The zero-order chi connectivity index (χ0) is 10.4. The van der Waals surface area contributed by atoms with Crippen molar-refractivity contribution in [2.45, 2.75) is 26.4 Å². The maximum atomic E-state index is 9.81. The number of aromatic nitrogens is 1. The molecule has 0 radical (unpaired) electrons. The number of pyridine rings is 1. The number of hydrogen-bond acceptors (Lipinski definition) is 3. The van der Waals surface area contributed by atoms with Gasteiger partial charge < -0.3 is 9.84 Å². The number of rotatable bonds is 5. The van der Waals surface area contributed by atoms with Crippen LogP contribution in [0.25, 0.3) is 0 Å². The number of nitrogens with zero attached hydrogens (tertiary/aromatic N) is 1. The molecule has 1 unspecified atom stereocenters. The van der Waals surface area contributed by atoms with Crippen LogP contribution in [0.1, 0.15) is 31.1 Å². The van der Waals surface area contributed by atoms with Gasteiger partial charge in [-0.05, 0) is 30.5 Å². The smallest absolute Gasteiger partial charge is 0.103 e. The molecule has 14 heavy (non-hydrogen) atoms. The molecule has 0 fully saturated rings. The minimum Gasteiger partial charge on any atom is -0.386 e. The van der Waals surface area contributed by atoms with Gasteiger partial charge in [0.2, 0.25) is 0 Å². The van der Waals surface area contributed by atoms with Crippen molar-refractivity contribution < 1.29 is 9.84 Å². The van der Waals surface area contributed by atoms with E-state index in [-0.39, 0.29) is 0 Å². The highest BCUT2D eigenvalue weighted by atomic mass is 16.5. The standard InChI is InChI=1S/C11H17NO2/c1-3-9-7-12-6-5-10(9)11(13)8-14-4-2/h5-7,11,13H,3-4,8H2,1-2H3. The third-order valence-corrected chi connectivity index (χ3v) is 2.16. The average Bonchev–Trinajstić information content (AvgIpc) is 2.25. The second-order valence-electron chi connectivity index (χ2n) is 3.10. The lowest BCUT2D eigenvalue weighted by atomic mass is 10.0. The van der Waals surface area contributed by atoms with Crippen molar-refractivity contribution >= 4 is 0 Å². The first kappa shape index (κ1) is 11.1. The average molecular weight is 195 g/mol. The predicted octanol–water partition coefficient (Wildman–Crippen LogP) is 1.71. The van der Waals surface area contributed by atoms with E-state index in [0.717, 1.165) is 17.5 Å². The van der Waals surface area contributed by atoms with Gasteiger partial charge in [-0.2, -0.15) is 0 Å². The van der Waals surface area contributed by atoms with Crippen molar-refractivity contribution in [2.24, 2.45) is 0 Å². The molecule has 3 heteroatoms. The van der Waals surface area contributed by atoms with Crippen LogP contribution in [0.15, 0.2) is 18.5 Å². The van der Waals surface area contributed by atoms with E-state index in [1.807, 2.05) is 19.9 Å². The van der Waals surface area contributed by atoms with Gasteiger partial charge in [-0.1, -0.05) is 6.92 Å². The minimum absolute atomic E-state index is 0.355. The Hall–Kier alpha value is -0.930. The molecule has 0 saturated carbocycles. The van der Waals surface area contributed by atoms with Crippen molar-refractivity contribution in [2.75, 3.05) is 13.2 Å². The van der Waals surface area contributed by atoms with Crippen LogP contribution in [0.3, 0.4) is 0 Å². The summed E-state index contributed by atoms with van der Waals surface area (Å²) in [7, 11) is 0. The fourth-order valence-corrected chi connectivity index (χ4v) is 1.38. The lowest BCUT2D eigenvalue weighted by molar-refractivity contribution is 0.0415. The zero-order valence-electron chi connectivity index (χ0n) is 8.73. The fourth-order valence-electron chi connectivity index (χ4n) is 1.38. The van der Waals surface area contributed by atoms with Crippen LogP contribution in [0.5, 0.6) is 0 Å². The van der Waals surface area contributed by atoms with E-state index in [4.69, 9.17) is 4.74 Å². The first-order chi connectivity index (χ1) is 6.79. The SMILES string of the molecule is CCOCC(O)c1ccncc1CC. The molecular weight excluding hydrogens is 178 g/mol. The van der Waals surface area contributed by atoms with Gasteiger partial charge in [-0.15, -0.1) is 0 Å². The maximum Gasteiger partial charge on any atom is 0.103 e. The summed E-state index contributed by atoms with van der Waals surface area (Å²) in [6.45, 7) is 4.95. The molecule has 1 aromatic rings. The summed E-state index contributed by atoms with van der Waals surface area (Å²) in [5.41, 5.74) is 2.01. The third-order valence-electron chi connectivity index (χ3n) is 2.16. The van der Waals surface area contributed by atoms with Gasteiger partial charge in [0.05, 0.1) is 6.61 Å². The van der Waals surface area contributed by atoms with Crippen LogP contribution >= 0.6 is 0 Å². The Kier molecular flexibility index (Phi) is 4.56.